The van der Waals surface area contributed by atoms with E-state index in [9.17, 15) is 0 Å². The third kappa shape index (κ3) is 3.44. The summed E-state index contributed by atoms with van der Waals surface area (Å²) in [5, 5.41) is 7.14. The third-order valence-corrected chi connectivity index (χ3v) is 6.31. The first-order chi connectivity index (χ1) is 14.7. The van der Waals surface area contributed by atoms with Crippen LogP contribution in [0.2, 0.25) is 0 Å². The molecule has 5 rings (SSSR count). The second-order valence-electron chi connectivity index (χ2n) is 7.21. The van der Waals surface area contributed by atoms with Gasteiger partial charge in [0.15, 0.2) is 5.82 Å². The van der Waals surface area contributed by atoms with E-state index in [1.807, 2.05) is 43.6 Å². The van der Waals surface area contributed by atoms with E-state index in [0.29, 0.717) is 19.0 Å². The summed E-state index contributed by atoms with van der Waals surface area (Å²) in [5.74, 6) is 1.45. The molecule has 4 aromatic heterocycles. The zero-order chi connectivity index (χ0) is 20.5. The predicted molar refractivity (Wildman–Crippen MR) is 120 cm³/mol. The van der Waals surface area contributed by atoms with Crippen molar-refractivity contribution in [2.75, 3.05) is 12.3 Å². The fraction of sp³-hybridized carbons (Fsp3) is 0.227. The Kier molecular flexibility index (Phi) is 4.94. The van der Waals surface area contributed by atoms with Crippen molar-refractivity contribution in [2.45, 2.75) is 19.4 Å². The number of benzene rings is 1. The molecule has 0 aliphatic heterocycles. The molecule has 0 aliphatic carbocycles. The molecule has 7 nitrogen and oxygen atoms in total. The van der Waals surface area contributed by atoms with Gasteiger partial charge in [-0.1, -0.05) is 30.3 Å². The highest BCUT2D eigenvalue weighted by atomic mass is 32.1. The summed E-state index contributed by atoms with van der Waals surface area (Å²) in [7, 11) is 2.04. The van der Waals surface area contributed by atoms with Crippen LogP contribution in [-0.2, 0) is 24.8 Å². The molecule has 1 aromatic carbocycles. The van der Waals surface area contributed by atoms with Crippen molar-refractivity contribution in [2.24, 2.45) is 7.05 Å². The first-order valence-electron chi connectivity index (χ1n) is 9.87. The number of nitrogens with two attached hydrogens (primary N) is 1. The summed E-state index contributed by atoms with van der Waals surface area (Å²) in [6.07, 6.45) is 3.53. The van der Waals surface area contributed by atoms with E-state index in [2.05, 4.69) is 31.9 Å². The Morgan fingerprint density at radius 2 is 2.03 bits per heavy atom. The van der Waals surface area contributed by atoms with Crippen LogP contribution in [-0.4, -0.2) is 31.3 Å². The summed E-state index contributed by atoms with van der Waals surface area (Å²) < 4.78 is 9.03. The van der Waals surface area contributed by atoms with Gasteiger partial charge in [-0.2, -0.15) is 5.10 Å². The number of nitrogens with one attached hydrogen (secondary N) is 1. The fourth-order valence-corrected chi connectivity index (χ4v) is 4.79. The highest BCUT2D eigenvalue weighted by Crippen LogP contribution is 2.37. The van der Waals surface area contributed by atoms with Crippen molar-refractivity contribution < 1.29 is 4.74 Å². The molecular weight excluding hydrogens is 396 g/mol. The van der Waals surface area contributed by atoms with Crippen molar-refractivity contribution in [3.05, 3.63) is 60.0 Å². The predicted octanol–water partition coefficient (Wildman–Crippen LogP) is 4.30. The number of fused-ring (bicyclic) bond motifs is 3. The van der Waals surface area contributed by atoms with Gasteiger partial charge in [0.2, 0.25) is 0 Å². The highest BCUT2D eigenvalue weighted by Gasteiger charge is 2.18. The molecular formula is C22H22N6OS. The maximum Gasteiger partial charge on any atom is 0.152 e. The molecule has 0 saturated heterocycles. The van der Waals surface area contributed by atoms with E-state index in [1.165, 1.54) is 5.56 Å². The Morgan fingerprint density at radius 1 is 1.17 bits per heavy atom. The average molecular weight is 419 g/mol. The fourth-order valence-electron chi connectivity index (χ4n) is 3.64. The van der Waals surface area contributed by atoms with Gasteiger partial charge in [0.1, 0.15) is 17.0 Å². The molecule has 0 spiro atoms. The Bertz CT molecular complexity index is 1290. The second-order valence-corrected chi connectivity index (χ2v) is 8.26. The molecule has 8 heteroatoms. The maximum absolute atomic E-state index is 6.24. The van der Waals surface area contributed by atoms with E-state index in [-0.39, 0.29) is 0 Å². The van der Waals surface area contributed by atoms with Gasteiger partial charge in [0, 0.05) is 26.3 Å². The SMILES string of the molecule is Cn1c(CCCOCc2ccccc2)nc2c(N)nc3cc(-c4cc[nH]n4)sc3c21. The topological polar surface area (TPSA) is 94.6 Å². The average Bonchev–Trinajstić information content (AvgIpc) is 3.48. The number of ether oxygens (including phenoxy) is 1. The number of nitrogen functional groups attached to an aromatic ring is 1. The molecule has 0 radical (unpaired) electrons. The molecule has 3 N–H and O–H groups in total. The van der Waals surface area contributed by atoms with Crippen molar-refractivity contribution >= 4 is 38.4 Å². The minimum absolute atomic E-state index is 0.464. The van der Waals surface area contributed by atoms with E-state index in [1.54, 1.807) is 11.3 Å². The Hall–Kier alpha value is -3.23. The number of imidazole rings is 1. The lowest BCUT2D eigenvalue weighted by molar-refractivity contribution is 0.118. The molecule has 0 amide bonds. The molecule has 0 atom stereocenters. The monoisotopic (exact) mass is 418 g/mol. The van der Waals surface area contributed by atoms with Crippen LogP contribution in [0.5, 0.6) is 0 Å². The van der Waals surface area contributed by atoms with Gasteiger partial charge in [-0.25, -0.2) is 9.97 Å². The maximum atomic E-state index is 6.24. The smallest absolute Gasteiger partial charge is 0.152 e. The summed E-state index contributed by atoms with van der Waals surface area (Å²) in [6, 6.07) is 14.2. The number of thiophene rings is 1. The van der Waals surface area contributed by atoms with Crippen molar-refractivity contribution in [1.29, 1.82) is 0 Å². The number of nitrogens with zero attached hydrogens (tertiary/aromatic N) is 4. The highest BCUT2D eigenvalue weighted by molar-refractivity contribution is 7.23. The molecule has 5 aromatic rings. The van der Waals surface area contributed by atoms with Gasteiger partial charge in [-0.05, 0) is 24.1 Å². The largest absolute Gasteiger partial charge is 0.382 e. The van der Waals surface area contributed by atoms with Crippen LogP contribution in [0, 0.1) is 0 Å². The molecule has 30 heavy (non-hydrogen) atoms. The normalized spacial score (nSPS) is 11.6. The standard InChI is InChI=1S/C22H22N6OS/c1-28-18(8-5-11-29-13-14-6-3-2-4-7-14)26-19-20(28)21-16(25-22(19)23)12-17(30-21)15-9-10-24-27-15/h2-4,6-7,9-10,12H,5,8,11,13H2,1H3,(H2,23,25)(H,24,27). The molecule has 0 unspecified atom stereocenters. The number of pyridine rings is 1. The molecule has 0 saturated carbocycles. The number of aromatic nitrogens is 5. The van der Waals surface area contributed by atoms with Crippen molar-refractivity contribution in [1.82, 2.24) is 24.7 Å². The lowest BCUT2D eigenvalue weighted by Gasteiger charge is -2.05. The summed E-state index contributed by atoms with van der Waals surface area (Å²) in [4.78, 5) is 10.4. The molecule has 4 heterocycles. The van der Waals surface area contributed by atoms with E-state index in [0.717, 1.165) is 50.5 Å². The van der Waals surface area contributed by atoms with Crippen molar-refractivity contribution in [3.8, 4) is 10.6 Å². The Labute approximate surface area is 177 Å². The Morgan fingerprint density at radius 3 is 2.83 bits per heavy atom. The van der Waals surface area contributed by atoms with Gasteiger partial charge >= 0.3 is 0 Å². The van der Waals surface area contributed by atoms with Crippen LogP contribution in [0.4, 0.5) is 5.82 Å². The quantitative estimate of drug-likeness (QED) is 0.384. The molecule has 0 fully saturated rings. The van der Waals surface area contributed by atoms with E-state index >= 15 is 0 Å². The van der Waals surface area contributed by atoms with Gasteiger partial charge < -0.3 is 15.0 Å². The summed E-state index contributed by atoms with van der Waals surface area (Å²) in [5.41, 5.74) is 11.0. The second kappa shape index (κ2) is 7.89. The zero-order valence-corrected chi connectivity index (χ0v) is 17.4. The summed E-state index contributed by atoms with van der Waals surface area (Å²) >= 11 is 1.66. The van der Waals surface area contributed by atoms with Crippen molar-refractivity contribution in [3.63, 3.8) is 0 Å². The van der Waals surface area contributed by atoms with Crippen LogP contribution in [0.25, 0.3) is 31.8 Å². The van der Waals surface area contributed by atoms with Crippen LogP contribution < -0.4 is 5.73 Å². The number of aromatic amines is 1. The van der Waals surface area contributed by atoms with Crippen LogP contribution in [0.15, 0.2) is 48.7 Å². The first kappa shape index (κ1) is 18.8. The van der Waals surface area contributed by atoms with Crippen LogP contribution >= 0.6 is 11.3 Å². The molecule has 0 bridgehead atoms. The van der Waals surface area contributed by atoms with Gasteiger partial charge in [-0.3, -0.25) is 5.10 Å². The Balaban J connectivity index is 1.36. The molecule has 0 aliphatic rings. The van der Waals surface area contributed by atoms with Gasteiger partial charge in [0.05, 0.1) is 27.2 Å². The lowest BCUT2D eigenvalue weighted by Crippen LogP contribution is -2.02. The number of hydrogen-bond donors (Lipinski definition) is 2. The number of rotatable bonds is 7. The minimum Gasteiger partial charge on any atom is -0.382 e. The lowest BCUT2D eigenvalue weighted by atomic mass is 10.2. The van der Waals surface area contributed by atoms with E-state index in [4.69, 9.17) is 15.5 Å². The molecule has 152 valence electrons. The number of hydrogen-bond acceptors (Lipinski definition) is 6. The van der Waals surface area contributed by atoms with Crippen LogP contribution in [0.3, 0.4) is 0 Å². The number of aryl methyl sites for hydroxylation is 2. The number of H-pyrrole nitrogens is 1. The zero-order valence-electron chi connectivity index (χ0n) is 16.6. The van der Waals surface area contributed by atoms with E-state index < -0.39 is 0 Å². The number of anilines is 1. The minimum atomic E-state index is 0.464. The van der Waals surface area contributed by atoms with Gasteiger partial charge in [0.25, 0.3) is 0 Å². The van der Waals surface area contributed by atoms with Gasteiger partial charge in [-0.15, -0.1) is 11.3 Å². The first-order valence-corrected chi connectivity index (χ1v) is 10.7. The summed E-state index contributed by atoms with van der Waals surface area (Å²) in [6.45, 7) is 1.32. The third-order valence-electron chi connectivity index (χ3n) is 5.15. The van der Waals surface area contributed by atoms with Crippen LogP contribution in [0.1, 0.15) is 17.8 Å².